The number of aromatic nitrogens is 3. The second-order valence-corrected chi connectivity index (χ2v) is 16.7. The largest absolute Gasteiger partial charge is 0.361 e. The van der Waals surface area contributed by atoms with Gasteiger partial charge < -0.3 is 51.7 Å². The number of Topliss-reactive ketones (excluding diaryl/α,β-unsaturated/α-hetero) is 1. The van der Waals surface area contributed by atoms with E-state index in [1.165, 1.54) is 14.7 Å². The van der Waals surface area contributed by atoms with Crippen LogP contribution >= 0.6 is 12.6 Å². The number of benzene rings is 2. The fourth-order valence-corrected chi connectivity index (χ4v) is 7.92. The molecule has 3 aromatic heterocycles. The van der Waals surface area contributed by atoms with Crippen LogP contribution in [0, 0.1) is 5.92 Å². The molecule has 0 spiro atoms. The lowest BCUT2D eigenvalue weighted by molar-refractivity contribution is -0.142. The zero-order valence-electron chi connectivity index (χ0n) is 38.1. The number of hydrogen-bond donors (Lipinski definition) is 8. The molecule has 0 fully saturated rings. The molecule has 8 N–H and O–H groups in total. The summed E-state index contributed by atoms with van der Waals surface area (Å²) in [5, 5.41) is 13.1. The highest BCUT2D eigenvalue weighted by molar-refractivity contribution is 7.80. The smallest absolute Gasteiger partial charge is 0.312 e. The van der Waals surface area contributed by atoms with Gasteiger partial charge in [-0.05, 0) is 67.0 Å². The third-order valence-corrected chi connectivity index (χ3v) is 11.5. The van der Waals surface area contributed by atoms with E-state index in [0.29, 0.717) is 51.1 Å². The Hall–Kier alpha value is -6.73. The third kappa shape index (κ3) is 16.6. The quantitative estimate of drug-likeness (QED) is 0.0259. The Balaban J connectivity index is 1.28. The van der Waals surface area contributed by atoms with Crippen molar-refractivity contribution in [1.82, 2.24) is 50.9 Å². The summed E-state index contributed by atoms with van der Waals surface area (Å²) in [5.74, 6) is -3.04. The van der Waals surface area contributed by atoms with Crippen molar-refractivity contribution < 1.29 is 33.6 Å². The molecule has 1 atom stereocenters. The number of urea groups is 1. The lowest BCUT2D eigenvalue weighted by Gasteiger charge is -2.28. The number of carbonyl (C=O) groups is 7. The molecule has 5 rings (SSSR count). The van der Waals surface area contributed by atoms with Crippen molar-refractivity contribution in [3.63, 3.8) is 0 Å². The molecule has 0 saturated carbocycles. The first-order chi connectivity index (χ1) is 32.4. The molecule has 0 bridgehead atoms. The Morgan fingerprint density at radius 3 is 1.96 bits per heavy atom. The topological polar surface area (TPSA) is 248 Å². The first-order valence-electron chi connectivity index (χ1n) is 22.7. The Morgan fingerprint density at radius 1 is 0.716 bits per heavy atom. The standard InChI is InChI=1S/C48H63N11O7S/c1-2-20-57(32-43(61)52-19-23-67)46(64)33-59(22-16-37-28-55-42-14-6-4-12-40(37)42)45(63)30-56-47(65)35(10-8-18-53-48(49)66)24-38(60)31-58(44(62)29-51-26-34-9-7-17-50-25-34)21-15-36-27-54-41-13-5-3-11-39(36)41/h3-7,9,11-14,17,25,27-28,35,51,54-55,67H,2,8,10,15-16,18-24,26,29-33H2,1H3,(H,52,61)(H,56,65)(H3,49,53,66). The Morgan fingerprint density at radius 2 is 1.34 bits per heavy atom. The molecule has 7 amide bonds. The third-order valence-electron chi connectivity index (χ3n) is 11.3. The van der Waals surface area contributed by atoms with Gasteiger partial charge in [-0.1, -0.05) is 49.4 Å². The van der Waals surface area contributed by atoms with E-state index in [0.717, 1.165) is 38.5 Å². The summed E-state index contributed by atoms with van der Waals surface area (Å²) in [4.78, 5) is 108. The van der Waals surface area contributed by atoms with E-state index in [4.69, 9.17) is 5.73 Å². The van der Waals surface area contributed by atoms with Gasteiger partial charge in [0.1, 0.15) is 0 Å². The maximum atomic E-state index is 14.0. The second kappa shape index (κ2) is 27.0. The number of thiol groups is 1. The predicted octanol–water partition coefficient (Wildman–Crippen LogP) is 2.70. The number of rotatable bonds is 29. The minimum Gasteiger partial charge on any atom is -0.361 e. The molecule has 0 aliphatic carbocycles. The Kier molecular flexibility index (Phi) is 20.7. The number of nitrogens with zero attached hydrogens (tertiary/aromatic N) is 4. The highest BCUT2D eigenvalue weighted by atomic mass is 32.1. The van der Waals surface area contributed by atoms with E-state index in [9.17, 15) is 33.6 Å². The minimum atomic E-state index is -0.929. The second-order valence-electron chi connectivity index (χ2n) is 16.3. The van der Waals surface area contributed by atoms with Gasteiger partial charge in [0.25, 0.3) is 0 Å². The van der Waals surface area contributed by atoms with Crippen molar-refractivity contribution in [3.05, 3.63) is 102 Å². The predicted molar refractivity (Wildman–Crippen MR) is 260 cm³/mol. The van der Waals surface area contributed by atoms with Crippen LogP contribution in [0.1, 0.15) is 49.3 Å². The van der Waals surface area contributed by atoms with Crippen LogP contribution in [0.5, 0.6) is 0 Å². The number of amides is 7. The van der Waals surface area contributed by atoms with Crippen molar-refractivity contribution in [3.8, 4) is 0 Å². The van der Waals surface area contributed by atoms with E-state index >= 15 is 0 Å². The van der Waals surface area contributed by atoms with Gasteiger partial charge in [-0.15, -0.1) is 0 Å². The number of H-pyrrole nitrogens is 2. The molecule has 1 unspecified atom stereocenters. The van der Waals surface area contributed by atoms with Gasteiger partial charge in [-0.3, -0.25) is 33.8 Å². The molecule has 2 aromatic carbocycles. The van der Waals surface area contributed by atoms with Gasteiger partial charge in [-0.2, -0.15) is 12.6 Å². The van der Waals surface area contributed by atoms with E-state index in [1.807, 2.05) is 73.9 Å². The number of ketones is 1. The van der Waals surface area contributed by atoms with E-state index in [2.05, 4.69) is 48.8 Å². The summed E-state index contributed by atoms with van der Waals surface area (Å²) in [6, 6.07) is 18.5. The van der Waals surface area contributed by atoms with Crippen LogP contribution in [-0.2, 0) is 48.2 Å². The zero-order valence-corrected chi connectivity index (χ0v) is 39.0. The molecular weight excluding hydrogens is 875 g/mol. The van der Waals surface area contributed by atoms with Gasteiger partial charge >= 0.3 is 6.03 Å². The van der Waals surface area contributed by atoms with Gasteiger partial charge in [0.2, 0.25) is 29.5 Å². The molecule has 5 aromatic rings. The number of para-hydroxylation sites is 2. The number of fused-ring (bicyclic) bond motifs is 2. The zero-order chi connectivity index (χ0) is 48.0. The number of carbonyl (C=O) groups excluding carboxylic acids is 7. The van der Waals surface area contributed by atoms with Gasteiger partial charge in [0, 0.05) is 104 Å². The normalized spacial score (nSPS) is 11.5. The van der Waals surface area contributed by atoms with Crippen LogP contribution < -0.4 is 27.0 Å². The maximum Gasteiger partial charge on any atom is 0.312 e. The van der Waals surface area contributed by atoms with Crippen molar-refractivity contribution >= 4 is 75.8 Å². The lowest BCUT2D eigenvalue weighted by atomic mass is 9.95. The molecule has 0 aliphatic heterocycles. The molecular formula is C48H63N11O7S. The first-order valence-corrected chi connectivity index (χ1v) is 23.3. The molecule has 0 saturated heterocycles. The number of pyridine rings is 1. The van der Waals surface area contributed by atoms with Crippen molar-refractivity contribution in [2.24, 2.45) is 11.7 Å². The van der Waals surface area contributed by atoms with Crippen LogP contribution in [-0.4, -0.2) is 142 Å². The van der Waals surface area contributed by atoms with Crippen LogP contribution in [0.15, 0.2) is 85.5 Å². The van der Waals surface area contributed by atoms with Gasteiger partial charge in [-0.25, -0.2) is 4.79 Å². The minimum absolute atomic E-state index is 0.0420. The number of hydrogen-bond acceptors (Lipinski definition) is 10. The van der Waals surface area contributed by atoms with Crippen LogP contribution in [0.2, 0.25) is 0 Å². The van der Waals surface area contributed by atoms with E-state index in [-0.39, 0.29) is 76.3 Å². The van der Waals surface area contributed by atoms with E-state index in [1.54, 1.807) is 18.5 Å². The van der Waals surface area contributed by atoms with Gasteiger partial charge in [0.05, 0.1) is 32.7 Å². The van der Waals surface area contributed by atoms with E-state index < -0.39 is 36.2 Å². The molecule has 18 nitrogen and oxygen atoms in total. The fourth-order valence-electron chi connectivity index (χ4n) is 7.81. The highest BCUT2D eigenvalue weighted by Gasteiger charge is 2.27. The SMILES string of the molecule is CCCN(CC(=O)NCCS)C(=O)CN(CCc1c[nH]c2ccccc12)C(=O)CNC(=O)C(CCCNC(N)=O)CC(=O)CN(CCc1c[nH]c2ccccc12)C(=O)CNCc1cccnc1. The lowest BCUT2D eigenvalue weighted by Crippen LogP contribution is -2.49. The summed E-state index contributed by atoms with van der Waals surface area (Å²) in [7, 11) is 0. The fraction of sp³-hybridized carbons (Fsp3) is 0.417. The number of nitrogens with two attached hydrogens (primary N) is 1. The summed E-state index contributed by atoms with van der Waals surface area (Å²) < 4.78 is 0. The highest BCUT2D eigenvalue weighted by Crippen LogP contribution is 2.20. The van der Waals surface area contributed by atoms with Crippen molar-refractivity contribution in [2.45, 2.75) is 52.0 Å². The monoisotopic (exact) mass is 937 g/mol. The Bertz CT molecular complexity index is 2420. The van der Waals surface area contributed by atoms with Crippen LogP contribution in [0.4, 0.5) is 4.79 Å². The molecule has 3 heterocycles. The molecule has 0 aliphatic rings. The average Bonchev–Trinajstić information content (AvgIpc) is 3.95. The first kappa shape index (κ1) is 51.3. The van der Waals surface area contributed by atoms with Crippen molar-refractivity contribution in [2.75, 3.05) is 71.2 Å². The number of aromatic amines is 2. The molecule has 67 heavy (non-hydrogen) atoms. The van der Waals surface area contributed by atoms with Crippen molar-refractivity contribution in [1.29, 1.82) is 0 Å². The summed E-state index contributed by atoms with van der Waals surface area (Å²) >= 11 is 4.14. The molecule has 19 heteroatoms. The van der Waals surface area contributed by atoms with Crippen LogP contribution in [0.25, 0.3) is 21.8 Å². The number of primary amides is 1. The summed E-state index contributed by atoms with van der Waals surface area (Å²) in [5.41, 5.74) is 9.96. The average molecular weight is 938 g/mol. The Labute approximate surface area is 396 Å². The summed E-state index contributed by atoms with van der Waals surface area (Å²) in [6.45, 7) is 2.13. The van der Waals surface area contributed by atoms with Gasteiger partial charge in [0.15, 0.2) is 5.78 Å². The van der Waals surface area contributed by atoms with Crippen LogP contribution in [0.3, 0.4) is 0 Å². The maximum absolute atomic E-state index is 14.0. The molecule has 0 radical (unpaired) electrons. The number of nitrogens with one attached hydrogen (secondary N) is 6. The summed E-state index contributed by atoms with van der Waals surface area (Å²) in [6.07, 6.45) is 8.76. The molecule has 358 valence electrons.